The average Bonchev–Trinajstić information content (AvgIpc) is 3.03. The molecule has 7 nitrogen and oxygen atoms in total. The van der Waals surface area contributed by atoms with Crippen LogP contribution in [0, 0.1) is 11.6 Å². The molecule has 2 fully saturated rings. The van der Waals surface area contributed by atoms with Gasteiger partial charge in [0.15, 0.2) is 0 Å². The van der Waals surface area contributed by atoms with Crippen molar-refractivity contribution in [1.29, 1.82) is 0 Å². The maximum absolute atomic E-state index is 13.8. The van der Waals surface area contributed by atoms with E-state index in [1.807, 2.05) is 0 Å². The number of sulfonamides is 1. The monoisotopic (exact) mass is 373 g/mol. The predicted molar refractivity (Wildman–Crippen MR) is 82.9 cm³/mol. The van der Waals surface area contributed by atoms with Crippen LogP contribution in [0.2, 0.25) is 0 Å². The van der Waals surface area contributed by atoms with Crippen molar-refractivity contribution in [1.82, 2.24) is 14.5 Å². The zero-order chi connectivity index (χ0) is 18.2. The van der Waals surface area contributed by atoms with Gasteiger partial charge in [-0.15, -0.1) is 0 Å². The summed E-state index contributed by atoms with van der Waals surface area (Å²) in [5.41, 5.74) is 0. The molecule has 0 aromatic heterocycles. The number of rotatable bonds is 3. The summed E-state index contributed by atoms with van der Waals surface area (Å²) in [4.78, 5) is 24.3. The van der Waals surface area contributed by atoms with Crippen LogP contribution in [0.25, 0.3) is 0 Å². The van der Waals surface area contributed by atoms with Gasteiger partial charge in [0.25, 0.3) is 0 Å². The van der Waals surface area contributed by atoms with Crippen LogP contribution >= 0.6 is 0 Å². The molecule has 1 atom stereocenters. The standard InChI is InChI=1S/C15H17F2N3O4S/c16-10-1-2-11(17)13(9-10)25(23,24)20-7-5-19(6-8-20)15(22)12-3-4-14(21)18-12/h1-2,9,12H,3-8H2,(H,18,21). The Morgan fingerprint density at radius 1 is 1.16 bits per heavy atom. The third-order valence-electron chi connectivity index (χ3n) is 4.35. The van der Waals surface area contributed by atoms with Crippen LogP contribution in [0.1, 0.15) is 12.8 Å². The molecule has 1 N–H and O–H groups in total. The summed E-state index contributed by atoms with van der Waals surface area (Å²) in [6.07, 6.45) is 0.717. The molecule has 1 unspecified atom stereocenters. The Morgan fingerprint density at radius 2 is 1.84 bits per heavy atom. The van der Waals surface area contributed by atoms with Crippen LogP contribution in [0.5, 0.6) is 0 Å². The molecule has 0 aliphatic carbocycles. The van der Waals surface area contributed by atoms with Crippen LogP contribution in [0.4, 0.5) is 8.78 Å². The molecular formula is C15H17F2N3O4S. The minimum Gasteiger partial charge on any atom is -0.344 e. The van der Waals surface area contributed by atoms with Crippen molar-refractivity contribution in [2.75, 3.05) is 26.2 Å². The van der Waals surface area contributed by atoms with Gasteiger partial charge in [-0.25, -0.2) is 17.2 Å². The quantitative estimate of drug-likeness (QED) is 0.813. The zero-order valence-corrected chi connectivity index (χ0v) is 14.1. The Morgan fingerprint density at radius 3 is 2.44 bits per heavy atom. The molecule has 3 rings (SSSR count). The third kappa shape index (κ3) is 3.49. The second kappa shape index (κ2) is 6.68. The molecular weight excluding hydrogens is 356 g/mol. The smallest absolute Gasteiger partial charge is 0.246 e. The van der Waals surface area contributed by atoms with E-state index in [0.29, 0.717) is 18.9 Å². The predicted octanol–water partition coefficient (Wildman–Crippen LogP) is 0.0763. The van der Waals surface area contributed by atoms with Gasteiger partial charge in [0.1, 0.15) is 22.6 Å². The highest BCUT2D eigenvalue weighted by Crippen LogP contribution is 2.22. The lowest BCUT2D eigenvalue weighted by Gasteiger charge is -2.35. The fourth-order valence-corrected chi connectivity index (χ4v) is 4.48. The molecule has 25 heavy (non-hydrogen) atoms. The molecule has 0 bridgehead atoms. The Kier molecular flexibility index (Phi) is 4.74. The number of piperazine rings is 1. The number of carbonyl (C=O) groups excluding carboxylic acids is 2. The van der Waals surface area contributed by atoms with E-state index in [-0.39, 0.29) is 38.0 Å². The summed E-state index contributed by atoms with van der Waals surface area (Å²) >= 11 is 0. The Hall–Kier alpha value is -2.07. The molecule has 136 valence electrons. The van der Waals surface area contributed by atoms with Crippen molar-refractivity contribution in [3.05, 3.63) is 29.8 Å². The van der Waals surface area contributed by atoms with Crippen LogP contribution in [-0.2, 0) is 19.6 Å². The molecule has 2 saturated heterocycles. The van der Waals surface area contributed by atoms with E-state index < -0.39 is 32.6 Å². The molecule has 2 amide bonds. The van der Waals surface area contributed by atoms with Gasteiger partial charge < -0.3 is 10.2 Å². The highest BCUT2D eigenvalue weighted by molar-refractivity contribution is 7.89. The summed E-state index contributed by atoms with van der Waals surface area (Å²) in [7, 11) is -4.18. The minimum absolute atomic E-state index is 0.0231. The Labute approximate surface area is 143 Å². The fraction of sp³-hybridized carbons (Fsp3) is 0.467. The van der Waals surface area contributed by atoms with E-state index in [9.17, 15) is 26.8 Å². The highest BCUT2D eigenvalue weighted by atomic mass is 32.2. The molecule has 2 heterocycles. The largest absolute Gasteiger partial charge is 0.344 e. The Balaban J connectivity index is 1.68. The highest BCUT2D eigenvalue weighted by Gasteiger charge is 2.35. The number of carbonyl (C=O) groups is 2. The molecule has 1 aromatic rings. The molecule has 2 aliphatic rings. The average molecular weight is 373 g/mol. The van der Waals surface area contributed by atoms with Gasteiger partial charge in [0.2, 0.25) is 21.8 Å². The first-order chi connectivity index (χ1) is 11.8. The maximum Gasteiger partial charge on any atom is 0.246 e. The number of hydrogen-bond donors (Lipinski definition) is 1. The number of hydrogen-bond acceptors (Lipinski definition) is 4. The van der Waals surface area contributed by atoms with Gasteiger partial charge in [0.05, 0.1) is 0 Å². The van der Waals surface area contributed by atoms with E-state index in [2.05, 4.69) is 5.32 Å². The van der Waals surface area contributed by atoms with Crippen molar-refractivity contribution in [2.45, 2.75) is 23.8 Å². The van der Waals surface area contributed by atoms with E-state index in [1.165, 1.54) is 4.90 Å². The number of nitrogens with zero attached hydrogens (tertiary/aromatic N) is 2. The van der Waals surface area contributed by atoms with Crippen molar-refractivity contribution >= 4 is 21.8 Å². The van der Waals surface area contributed by atoms with E-state index in [0.717, 1.165) is 16.4 Å². The van der Waals surface area contributed by atoms with Crippen LogP contribution < -0.4 is 5.32 Å². The van der Waals surface area contributed by atoms with Crippen molar-refractivity contribution < 1.29 is 26.8 Å². The summed E-state index contributed by atoms with van der Waals surface area (Å²) in [5, 5.41) is 2.58. The van der Waals surface area contributed by atoms with Gasteiger partial charge >= 0.3 is 0 Å². The van der Waals surface area contributed by atoms with Crippen LogP contribution in [0.3, 0.4) is 0 Å². The molecule has 0 spiro atoms. The normalized spacial score (nSPS) is 22.1. The lowest BCUT2D eigenvalue weighted by atomic mass is 10.2. The fourth-order valence-electron chi connectivity index (χ4n) is 2.98. The first kappa shape index (κ1) is 17.7. The van der Waals surface area contributed by atoms with E-state index in [4.69, 9.17) is 0 Å². The third-order valence-corrected chi connectivity index (χ3v) is 6.27. The summed E-state index contributed by atoms with van der Waals surface area (Å²) < 4.78 is 53.1. The Bertz CT molecular complexity index is 807. The van der Waals surface area contributed by atoms with Gasteiger partial charge in [0, 0.05) is 32.6 Å². The van der Waals surface area contributed by atoms with Crippen LogP contribution in [-0.4, -0.2) is 61.7 Å². The zero-order valence-electron chi connectivity index (χ0n) is 13.2. The minimum atomic E-state index is -4.18. The first-order valence-electron chi connectivity index (χ1n) is 7.82. The number of nitrogens with one attached hydrogen (secondary N) is 1. The first-order valence-corrected chi connectivity index (χ1v) is 9.26. The van der Waals surface area contributed by atoms with Crippen molar-refractivity contribution in [3.63, 3.8) is 0 Å². The van der Waals surface area contributed by atoms with E-state index >= 15 is 0 Å². The van der Waals surface area contributed by atoms with Crippen molar-refractivity contribution in [2.24, 2.45) is 0 Å². The van der Waals surface area contributed by atoms with Gasteiger partial charge in [-0.05, 0) is 24.6 Å². The van der Waals surface area contributed by atoms with Gasteiger partial charge in [-0.1, -0.05) is 0 Å². The van der Waals surface area contributed by atoms with Gasteiger partial charge in [-0.2, -0.15) is 4.31 Å². The van der Waals surface area contributed by atoms with Crippen molar-refractivity contribution in [3.8, 4) is 0 Å². The van der Waals surface area contributed by atoms with E-state index in [1.54, 1.807) is 0 Å². The molecule has 10 heteroatoms. The number of halogens is 2. The van der Waals surface area contributed by atoms with Gasteiger partial charge in [-0.3, -0.25) is 9.59 Å². The molecule has 1 aromatic carbocycles. The number of amides is 2. The number of benzene rings is 1. The molecule has 0 saturated carbocycles. The second-order valence-corrected chi connectivity index (χ2v) is 7.87. The maximum atomic E-state index is 13.8. The second-order valence-electron chi connectivity index (χ2n) is 5.96. The lowest BCUT2D eigenvalue weighted by molar-refractivity contribution is -0.135. The topological polar surface area (TPSA) is 86.8 Å². The SMILES string of the molecule is O=C1CCC(C(=O)N2CCN(S(=O)(=O)c3cc(F)ccc3F)CC2)N1. The van der Waals surface area contributed by atoms with Crippen LogP contribution in [0.15, 0.2) is 23.1 Å². The summed E-state index contributed by atoms with van der Waals surface area (Å²) in [5.74, 6) is -2.29. The molecule has 0 radical (unpaired) electrons. The summed E-state index contributed by atoms with van der Waals surface area (Å²) in [6, 6.07) is 1.69. The lowest BCUT2D eigenvalue weighted by Crippen LogP contribution is -2.54. The summed E-state index contributed by atoms with van der Waals surface area (Å²) in [6.45, 7) is 0.206. The molecule has 2 aliphatic heterocycles.